The van der Waals surface area contributed by atoms with E-state index in [4.69, 9.17) is 14.0 Å². The molecule has 1 heterocycles. The van der Waals surface area contributed by atoms with Gasteiger partial charge in [-0.3, -0.25) is 4.79 Å². The second-order valence-electron chi connectivity index (χ2n) is 5.97. The maximum atomic E-state index is 11.0. The summed E-state index contributed by atoms with van der Waals surface area (Å²) >= 11 is 0. The normalized spacial score (nSPS) is 19.0. The maximum Gasteiger partial charge on any atom is 0.419 e. The van der Waals surface area contributed by atoms with E-state index in [1.54, 1.807) is 6.07 Å². The van der Waals surface area contributed by atoms with Gasteiger partial charge in [0, 0.05) is 39.6 Å². The van der Waals surface area contributed by atoms with E-state index in [0.29, 0.717) is 0 Å². The minimum absolute atomic E-state index is 0. The molecule has 1 aromatic carbocycles. The molecule has 0 saturated carbocycles. The Hall–Kier alpha value is -0.221. The van der Waals surface area contributed by atoms with E-state index < -0.39 is 18.3 Å². The molecule has 1 aromatic rings. The van der Waals surface area contributed by atoms with Crippen LogP contribution in [0.15, 0.2) is 18.2 Å². The molecule has 0 atom stereocenters. The summed E-state index contributed by atoms with van der Waals surface area (Å²) < 4.78 is 17.1. The van der Waals surface area contributed by atoms with Crippen LogP contribution in [0, 0.1) is 6.07 Å². The number of ether oxygens (including phenoxy) is 1. The standard InChI is InChI=1S/C15H20BO4.Y/c1-11(17)18-10-12-8-6-7-9-13(12)16-19-14(2,3)15(4,5)20-16;/h6-7,9H,10H2,1-5H3;/q-1;. The summed E-state index contributed by atoms with van der Waals surface area (Å²) in [6.45, 7) is 9.58. The van der Waals surface area contributed by atoms with Crippen LogP contribution in [0.2, 0.25) is 0 Å². The number of hydrogen-bond donors (Lipinski definition) is 0. The van der Waals surface area contributed by atoms with Gasteiger partial charge in [-0.25, -0.2) is 0 Å². The molecule has 0 unspecified atom stereocenters. The van der Waals surface area contributed by atoms with Crippen LogP contribution in [0.3, 0.4) is 0 Å². The zero-order valence-electron chi connectivity index (χ0n) is 13.2. The van der Waals surface area contributed by atoms with E-state index in [9.17, 15) is 4.79 Å². The Morgan fingerprint density at radius 3 is 2.38 bits per heavy atom. The molecule has 0 N–H and O–H groups in total. The fraction of sp³-hybridized carbons (Fsp3) is 0.533. The zero-order chi connectivity index (χ0) is 15.0. The molecular formula is C15H20BO4Y-. The largest absolute Gasteiger partial charge is 0.463 e. The molecule has 1 fully saturated rings. The number of esters is 1. The predicted octanol–water partition coefficient (Wildman–Crippen LogP) is 1.85. The molecule has 0 aromatic heterocycles. The average Bonchev–Trinajstić information content (AvgIpc) is 2.56. The monoisotopic (exact) mass is 364 g/mol. The molecule has 0 aliphatic carbocycles. The van der Waals surface area contributed by atoms with Crippen LogP contribution in [0.25, 0.3) is 0 Å². The van der Waals surface area contributed by atoms with Gasteiger partial charge in [0.15, 0.2) is 0 Å². The Bertz CT molecular complexity index is 500. The van der Waals surface area contributed by atoms with Crippen molar-refractivity contribution >= 4 is 18.6 Å². The maximum absolute atomic E-state index is 11.0. The summed E-state index contributed by atoms with van der Waals surface area (Å²) in [5.41, 5.74) is 0.840. The number of hydrogen-bond acceptors (Lipinski definition) is 4. The van der Waals surface area contributed by atoms with Gasteiger partial charge in [-0.1, -0.05) is 0 Å². The van der Waals surface area contributed by atoms with Crippen molar-refractivity contribution in [3.05, 3.63) is 29.8 Å². The van der Waals surface area contributed by atoms with E-state index in [-0.39, 0.29) is 45.3 Å². The topological polar surface area (TPSA) is 44.8 Å². The Labute approximate surface area is 151 Å². The molecule has 1 aliphatic heterocycles. The third-order valence-electron chi connectivity index (χ3n) is 3.90. The molecule has 4 nitrogen and oxygen atoms in total. The number of carbonyl (C=O) groups is 1. The van der Waals surface area contributed by atoms with Crippen LogP contribution in [0.5, 0.6) is 0 Å². The number of carbonyl (C=O) groups excluding carboxylic acids is 1. The molecular weight excluding hydrogens is 344 g/mol. The SMILES string of the molecule is CC(=O)OCc1[c-]cccc1B1OC(C)(C)C(C)(C)O1.[Y]. The molecule has 21 heavy (non-hydrogen) atoms. The quantitative estimate of drug-likeness (QED) is 0.467. The van der Waals surface area contributed by atoms with Crippen molar-refractivity contribution in [3.8, 4) is 0 Å². The van der Waals surface area contributed by atoms with E-state index >= 15 is 0 Å². The summed E-state index contributed by atoms with van der Waals surface area (Å²) in [6.07, 6.45) is 0. The fourth-order valence-corrected chi connectivity index (χ4v) is 1.97. The first kappa shape index (κ1) is 18.8. The van der Waals surface area contributed by atoms with Gasteiger partial charge in [0.25, 0.3) is 0 Å². The van der Waals surface area contributed by atoms with Crippen molar-refractivity contribution in [2.45, 2.75) is 52.4 Å². The van der Waals surface area contributed by atoms with Crippen molar-refractivity contribution in [2.75, 3.05) is 0 Å². The van der Waals surface area contributed by atoms with E-state index in [0.717, 1.165) is 11.0 Å². The summed E-state index contributed by atoms with van der Waals surface area (Å²) in [7, 11) is -0.469. The van der Waals surface area contributed by atoms with Crippen molar-refractivity contribution in [3.63, 3.8) is 0 Å². The summed E-state index contributed by atoms with van der Waals surface area (Å²) in [5.74, 6) is -0.317. The molecule has 111 valence electrons. The van der Waals surface area contributed by atoms with E-state index in [2.05, 4.69) is 6.07 Å². The van der Waals surface area contributed by atoms with Gasteiger partial charge < -0.3 is 14.0 Å². The second-order valence-corrected chi connectivity index (χ2v) is 5.97. The number of benzene rings is 1. The van der Waals surface area contributed by atoms with Gasteiger partial charge in [-0.2, -0.15) is 24.3 Å². The van der Waals surface area contributed by atoms with Crippen molar-refractivity contribution in [1.29, 1.82) is 0 Å². The summed E-state index contributed by atoms with van der Waals surface area (Å²) in [5, 5.41) is 0. The predicted molar refractivity (Wildman–Crippen MR) is 76.5 cm³/mol. The molecule has 0 amide bonds. The molecule has 0 spiro atoms. The van der Waals surface area contributed by atoms with Gasteiger partial charge in [-0.15, -0.1) is 11.0 Å². The molecule has 6 heteroatoms. The Balaban J connectivity index is 0.00000220. The first-order chi connectivity index (χ1) is 9.23. The molecule has 1 radical (unpaired) electrons. The molecule has 1 aliphatic rings. The van der Waals surface area contributed by atoms with Crippen molar-refractivity contribution < 1.29 is 51.5 Å². The first-order valence-electron chi connectivity index (χ1n) is 6.71. The Morgan fingerprint density at radius 2 is 1.86 bits per heavy atom. The smallest absolute Gasteiger partial charge is 0.419 e. The van der Waals surface area contributed by atoms with Gasteiger partial charge in [-0.05, 0) is 27.7 Å². The minimum Gasteiger partial charge on any atom is -0.463 e. The minimum atomic E-state index is -0.469. The average molecular weight is 364 g/mol. The second kappa shape index (κ2) is 6.91. The third kappa shape index (κ3) is 4.16. The van der Waals surface area contributed by atoms with Gasteiger partial charge >= 0.3 is 13.1 Å². The van der Waals surface area contributed by atoms with Crippen LogP contribution in [-0.2, 0) is 58.2 Å². The summed E-state index contributed by atoms with van der Waals surface area (Å²) in [6, 6.07) is 8.66. The van der Waals surface area contributed by atoms with Gasteiger partial charge in [0.2, 0.25) is 0 Å². The van der Waals surface area contributed by atoms with Crippen LogP contribution in [0.4, 0.5) is 0 Å². The Morgan fingerprint density at radius 1 is 1.29 bits per heavy atom. The molecule has 2 rings (SSSR count). The zero-order valence-corrected chi connectivity index (χ0v) is 16.1. The van der Waals surface area contributed by atoms with E-state index in [1.165, 1.54) is 6.92 Å². The van der Waals surface area contributed by atoms with Gasteiger partial charge in [0.05, 0.1) is 17.8 Å². The van der Waals surface area contributed by atoms with E-state index in [1.807, 2.05) is 39.8 Å². The van der Waals surface area contributed by atoms with Crippen LogP contribution >= 0.6 is 0 Å². The van der Waals surface area contributed by atoms with Crippen molar-refractivity contribution in [2.24, 2.45) is 0 Å². The summed E-state index contributed by atoms with van der Waals surface area (Å²) in [4.78, 5) is 11.0. The fourth-order valence-electron chi connectivity index (χ4n) is 1.97. The van der Waals surface area contributed by atoms with Gasteiger partial charge in [0.1, 0.15) is 0 Å². The molecule has 1 saturated heterocycles. The van der Waals surface area contributed by atoms with Crippen molar-refractivity contribution in [1.82, 2.24) is 0 Å². The van der Waals surface area contributed by atoms with Crippen LogP contribution in [0.1, 0.15) is 40.2 Å². The Kier molecular flexibility index (Phi) is 6.19. The van der Waals surface area contributed by atoms with Crippen LogP contribution in [-0.4, -0.2) is 24.3 Å². The third-order valence-corrected chi connectivity index (χ3v) is 3.90. The van der Waals surface area contributed by atoms with Crippen LogP contribution < -0.4 is 5.46 Å². The first-order valence-corrected chi connectivity index (χ1v) is 6.71. The molecule has 0 bridgehead atoms. The number of rotatable bonds is 3.